The quantitative estimate of drug-likeness (QED) is 0.678. The monoisotopic (exact) mass is 317 g/mol. The second-order valence-electron chi connectivity index (χ2n) is 2.08. The van der Waals surface area contributed by atoms with Crippen LogP contribution in [-0.2, 0) is 9.90 Å². The molecule has 0 saturated carbocycles. The largest absolute Gasteiger partial charge is 0.495 e. The maximum Gasteiger partial charge on any atom is 0.495 e. The molecule has 0 aliphatic carbocycles. The molecule has 0 amide bonds. The zero-order valence-corrected chi connectivity index (χ0v) is 8.87. The zero-order valence-electron chi connectivity index (χ0n) is 6.72. The van der Waals surface area contributed by atoms with Crippen LogP contribution < -0.4 is 0 Å². The number of alkyl halides is 3. The van der Waals surface area contributed by atoms with Crippen LogP contribution >= 0.6 is 22.6 Å². The van der Waals surface area contributed by atoms with Gasteiger partial charge in [-0.3, -0.25) is 0 Å². The topological polar surface area (TPSA) is 37.0 Å². The fraction of sp³-hybridized carbons (Fsp3) is 0.125. The summed E-state index contributed by atoms with van der Waals surface area (Å²) in [5.74, 6) is -3.01. The van der Waals surface area contributed by atoms with Gasteiger partial charge in [0.2, 0.25) is 0 Å². The number of carbonyl (C=O) groups is 1. The Morgan fingerprint density at radius 2 is 1.50 bits per heavy atom. The first-order valence-electron chi connectivity index (χ1n) is 3.32. The number of halogens is 4. The first-order chi connectivity index (χ1) is 6.34. The van der Waals surface area contributed by atoms with Crippen LogP contribution in [0.3, 0.4) is 0 Å². The lowest BCUT2D eigenvalue weighted by atomic mass is 10.4. The fourth-order valence-corrected chi connectivity index (χ4v) is 0.830. The molecule has 14 heavy (non-hydrogen) atoms. The van der Waals surface area contributed by atoms with Crippen molar-refractivity contribution in [1.82, 2.24) is 0 Å². The first-order valence-corrected chi connectivity index (χ1v) is 4.40. The lowest BCUT2D eigenvalue weighted by Gasteiger charge is -1.90. The van der Waals surface area contributed by atoms with E-state index in [-0.39, 0.29) is 0 Å². The lowest BCUT2D eigenvalue weighted by Crippen LogP contribution is -2.19. The smallest absolute Gasteiger partial charge is 0.237 e. The Morgan fingerprint density at radius 1 is 1.14 bits per heavy atom. The summed E-state index contributed by atoms with van der Waals surface area (Å²) in [6, 6.07) is 10.2. The highest BCUT2D eigenvalue weighted by Crippen LogP contribution is 2.13. The predicted octanol–water partition coefficient (Wildman–Crippen LogP) is 2.80. The van der Waals surface area contributed by atoms with E-state index in [0.717, 1.165) is 0 Å². The molecule has 6 heteroatoms. The fourth-order valence-electron chi connectivity index (χ4n) is 0.415. The van der Waals surface area contributed by atoms with Crippen LogP contribution in [0.25, 0.3) is 0 Å². The lowest BCUT2D eigenvalue weighted by molar-refractivity contribution is -0.199. The van der Waals surface area contributed by atoms with Gasteiger partial charge in [0.25, 0.3) is 0 Å². The van der Waals surface area contributed by atoms with Crippen molar-refractivity contribution < 1.29 is 23.1 Å². The van der Waals surface area contributed by atoms with Gasteiger partial charge in [-0.05, 0) is 34.7 Å². The molecule has 0 fully saturated rings. The van der Waals surface area contributed by atoms with Crippen molar-refractivity contribution in [1.29, 1.82) is 0 Å². The number of rotatable bonds is 0. The number of hydrogen-bond acceptors (Lipinski definition) is 1. The average Bonchev–Trinajstić information content (AvgIpc) is 2.04. The molecule has 0 aliphatic heterocycles. The Bertz CT molecular complexity index is 284. The Kier molecular flexibility index (Phi) is 5.51. The third-order valence-electron chi connectivity index (χ3n) is 0.965. The summed E-state index contributed by atoms with van der Waals surface area (Å²) in [6.07, 6.45) is -5.19. The van der Waals surface area contributed by atoms with Crippen molar-refractivity contribution in [2.75, 3.05) is 0 Å². The normalized spacial score (nSPS) is 10.0. The maximum atomic E-state index is 10.5. The molecular weight excluding hydrogens is 312 g/mol. The minimum atomic E-state index is -5.19. The summed E-state index contributed by atoms with van der Waals surface area (Å²) in [5.41, 5.74) is 0. The Morgan fingerprint density at radius 3 is 1.64 bits per heavy atom. The van der Waals surface area contributed by atoms with Crippen LogP contribution in [0.5, 0.6) is 0 Å². The second kappa shape index (κ2) is 5.84. The highest BCUT2D eigenvalue weighted by molar-refractivity contribution is 14.1. The second-order valence-corrected chi connectivity index (χ2v) is 3.33. The minimum Gasteiger partial charge on any atom is -0.237 e. The van der Waals surface area contributed by atoms with Gasteiger partial charge in [0.05, 0.1) is 0 Å². The van der Waals surface area contributed by atoms with E-state index in [4.69, 9.17) is 9.90 Å². The molecular formula is C8H5F3IO2. The summed E-state index contributed by atoms with van der Waals surface area (Å²) in [7, 11) is 0. The molecule has 0 spiro atoms. The van der Waals surface area contributed by atoms with Gasteiger partial charge in [-0.1, -0.05) is 18.2 Å². The number of benzene rings is 1. The highest BCUT2D eigenvalue weighted by Gasteiger charge is 2.40. The van der Waals surface area contributed by atoms with Gasteiger partial charge in [0.1, 0.15) is 0 Å². The van der Waals surface area contributed by atoms with Crippen LogP contribution in [0.4, 0.5) is 13.2 Å². The van der Waals surface area contributed by atoms with E-state index >= 15 is 0 Å². The zero-order chi connectivity index (χ0) is 11.2. The first kappa shape index (κ1) is 13.2. The van der Waals surface area contributed by atoms with Crippen molar-refractivity contribution in [2.45, 2.75) is 6.18 Å². The molecule has 1 aromatic rings. The van der Waals surface area contributed by atoms with Crippen LogP contribution in [0.2, 0.25) is 0 Å². The molecule has 0 atom stereocenters. The van der Waals surface area contributed by atoms with Gasteiger partial charge in [0, 0.05) is 3.57 Å². The number of carbonyl (C=O) groups excluding carboxylic acids is 1. The Hall–Kier alpha value is -0.790. The molecule has 1 aromatic carbocycles. The predicted molar refractivity (Wildman–Crippen MR) is 50.9 cm³/mol. The molecule has 2 nitrogen and oxygen atoms in total. The highest BCUT2D eigenvalue weighted by atomic mass is 127. The van der Waals surface area contributed by atoms with E-state index in [1.165, 1.54) is 3.57 Å². The maximum absolute atomic E-state index is 10.5. The van der Waals surface area contributed by atoms with E-state index in [0.29, 0.717) is 0 Å². The number of hydrogen-bond donors (Lipinski definition) is 0. The van der Waals surface area contributed by atoms with Gasteiger partial charge < -0.3 is 0 Å². The average molecular weight is 317 g/mol. The van der Waals surface area contributed by atoms with E-state index in [1.807, 2.05) is 18.2 Å². The molecule has 0 heterocycles. The van der Waals surface area contributed by atoms with Crippen LogP contribution in [0, 0.1) is 3.57 Å². The van der Waals surface area contributed by atoms with Crippen LogP contribution in [0.15, 0.2) is 30.3 Å². The minimum absolute atomic E-state index is 1.29. The SMILES string of the molecule is Ic1ccccc1.[O]C(=O)C(F)(F)F. The molecule has 0 saturated heterocycles. The van der Waals surface area contributed by atoms with E-state index in [9.17, 15) is 13.2 Å². The molecule has 1 rings (SSSR count). The standard InChI is InChI=1S/C6H5I.C2F3O2/c7-6-4-2-1-3-5-6;3-2(4,5)1(6)7/h1-5H;. The summed E-state index contributed by atoms with van der Waals surface area (Å²) in [6.45, 7) is 0. The molecule has 0 aliphatic rings. The van der Waals surface area contributed by atoms with E-state index in [1.54, 1.807) is 0 Å². The van der Waals surface area contributed by atoms with Crippen molar-refractivity contribution in [3.05, 3.63) is 33.9 Å². The van der Waals surface area contributed by atoms with E-state index in [2.05, 4.69) is 34.7 Å². The Labute approximate surface area is 91.9 Å². The van der Waals surface area contributed by atoms with Gasteiger partial charge in [-0.15, -0.1) is 0 Å². The van der Waals surface area contributed by atoms with Crippen molar-refractivity contribution in [2.24, 2.45) is 0 Å². The van der Waals surface area contributed by atoms with Gasteiger partial charge in [-0.25, -0.2) is 9.90 Å². The molecule has 0 aromatic heterocycles. The summed E-state index contributed by atoms with van der Waals surface area (Å²) in [5, 5.41) is 8.78. The van der Waals surface area contributed by atoms with Crippen molar-refractivity contribution in [3.8, 4) is 0 Å². The summed E-state index contributed by atoms with van der Waals surface area (Å²) in [4.78, 5) is 8.78. The third kappa shape index (κ3) is 6.70. The van der Waals surface area contributed by atoms with Crippen molar-refractivity contribution >= 4 is 28.6 Å². The summed E-state index contributed by atoms with van der Waals surface area (Å²) >= 11 is 2.28. The third-order valence-corrected chi connectivity index (χ3v) is 1.68. The van der Waals surface area contributed by atoms with Crippen LogP contribution in [-0.4, -0.2) is 12.1 Å². The summed E-state index contributed by atoms with van der Waals surface area (Å²) < 4.78 is 32.8. The van der Waals surface area contributed by atoms with Crippen LogP contribution in [0.1, 0.15) is 0 Å². The van der Waals surface area contributed by atoms with Gasteiger partial charge >= 0.3 is 12.1 Å². The molecule has 77 valence electrons. The van der Waals surface area contributed by atoms with E-state index < -0.39 is 12.1 Å². The van der Waals surface area contributed by atoms with Gasteiger partial charge in [-0.2, -0.15) is 13.2 Å². The molecule has 0 unspecified atom stereocenters. The molecule has 0 N–H and O–H groups in total. The van der Waals surface area contributed by atoms with Gasteiger partial charge in [0.15, 0.2) is 0 Å². The molecule has 0 bridgehead atoms. The molecule has 1 radical (unpaired) electrons. The van der Waals surface area contributed by atoms with Crippen molar-refractivity contribution in [3.63, 3.8) is 0 Å². The Balaban J connectivity index is 0.000000241.